The van der Waals surface area contributed by atoms with E-state index in [9.17, 15) is 4.79 Å². The van der Waals surface area contributed by atoms with Gasteiger partial charge in [-0.2, -0.15) is 0 Å². The monoisotopic (exact) mass is 176 g/mol. The van der Waals surface area contributed by atoms with E-state index in [1.807, 2.05) is 6.92 Å². The molecule has 1 heteroatoms. The van der Waals surface area contributed by atoms with Crippen molar-refractivity contribution in [3.63, 3.8) is 0 Å². The van der Waals surface area contributed by atoms with E-state index in [0.29, 0.717) is 5.92 Å². The second-order valence-electron chi connectivity index (χ2n) is 4.53. The first kappa shape index (κ1) is 8.81. The minimum atomic E-state index is -0.0497. The van der Waals surface area contributed by atoms with Crippen LogP contribution in [-0.2, 0) is 4.79 Å². The molecule has 0 spiro atoms. The Labute approximate surface area is 79.9 Å². The van der Waals surface area contributed by atoms with Crippen molar-refractivity contribution in [2.45, 2.75) is 39.0 Å². The molecule has 0 amide bonds. The smallest absolute Gasteiger partial charge is 0.127 e. The van der Waals surface area contributed by atoms with Gasteiger partial charge in [0.25, 0.3) is 0 Å². The van der Waals surface area contributed by atoms with Crippen molar-refractivity contribution in [1.29, 1.82) is 0 Å². The average molecular weight is 176 g/mol. The van der Waals surface area contributed by atoms with Crippen LogP contribution in [0.2, 0.25) is 0 Å². The molecule has 0 aromatic rings. The summed E-state index contributed by atoms with van der Waals surface area (Å²) in [6, 6.07) is 0. The molecule has 3 unspecified atom stereocenters. The SMILES string of the molecule is CC#CCC1(C=O)CC2CCC1C2. The molecule has 0 aromatic carbocycles. The van der Waals surface area contributed by atoms with Crippen LogP contribution >= 0.6 is 0 Å². The number of aldehydes is 1. The van der Waals surface area contributed by atoms with Crippen molar-refractivity contribution in [2.24, 2.45) is 17.3 Å². The number of fused-ring (bicyclic) bond motifs is 2. The van der Waals surface area contributed by atoms with E-state index in [-0.39, 0.29) is 5.41 Å². The average Bonchev–Trinajstić information content (AvgIpc) is 2.74. The highest BCUT2D eigenvalue weighted by Crippen LogP contribution is 2.56. The van der Waals surface area contributed by atoms with Gasteiger partial charge in [-0.15, -0.1) is 11.8 Å². The lowest BCUT2D eigenvalue weighted by atomic mass is 9.72. The molecule has 1 nitrogen and oxygen atoms in total. The standard InChI is InChI=1S/C12H16O/c1-2-3-6-12(9-13)8-10-4-5-11(12)7-10/h9-11H,4-8H2,1H3. The lowest BCUT2D eigenvalue weighted by Gasteiger charge is -2.30. The topological polar surface area (TPSA) is 17.1 Å². The van der Waals surface area contributed by atoms with Crippen LogP contribution in [0.1, 0.15) is 39.0 Å². The second-order valence-corrected chi connectivity index (χ2v) is 4.53. The van der Waals surface area contributed by atoms with Crippen LogP contribution < -0.4 is 0 Å². The molecular formula is C12H16O. The molecule has 2 rings (SSSR count). The maximum absolute atomic E-state index is 11.2. The van der Waals surface area contributed by atoms with Gasteiger partial charge in [0.1, 0.15) is 6.29 Å². The van der Waals surface area contributed by atoms with E-state index in [4.69, 9.17) is 0 Å². The van der Waals surface area contributed by atoms with Crippen molar-refractivity contribution >= 4 is 6.29 Å². The third-order valence-electron chi connectivity index (χ3n) is 3.85. The molecule has 3 atom stereocenters. The largest absolute Gasteiger partial charge is 0.303 e. The number of carbonyl (C=O) groups excluding carboxylic acids is 1. The van der Waals surface area contributed by atoms with Crippen LogP contribution in [-0.4, -0.2) is 6.29 Å². The van der Waals surface area contributed by atoms with E-state index in [0.717, 1.165) is 18.8 Å². The summed E-state index contributed by atoms with van der Waals surface area (Å²) in [7, 11) is 0. The first-order valence-electron chi connectivity index (χ1n) is 5.16. The Balaban J connectivity index is 2.15. The maximum Gasteiger partial charge on any atom is 0.127 e. The third kappa shape index (κ3) is 1.29. The van der Waals surface area contributed by atoms with Crippen LogP contribution in [0.15, 0.2) is 0 Å². The fourth-order valence-corrected chi connectivity index (χ4v) is 3.14. The summed E-state index contributed by atoms with van der Waals surface area (Å²) in [5.41, 5.74) is -0.0497. The molecule has 0 aromatic heterocycles. The van der Waals surface area contributed by atoms with Crippen molar-refractivity contribution < 1.29 is 4.79 Å². The Morgan fingerprint density at radius 1 is 1.54 bits per heavy atom. The highest BCUT2D eigenvalue weighted by molar-refractivity contribution is 5.62. The highest BCUT2D eigenvalue weighted by atomic mass is 16.1. The normalized spacial score (nSPS) is 41.3. The summed E-state index contributed by atoms with van der Waals surface area (Å²) in [5.74, 6) is 7.47. The molecule has 0 radical (unpaired) electrons. The van der Waals surface area contributed by atoms with Gasteiger partial charge in [-0.3, -0.25) is 0 Å². The van der Waals surface area contributed by atoms with Gasteiger partial charge >= 0.3 is 0 Å². The van der Waals surface area contributed by atoms with Gasteiger partial charge < -0.3 is 4.79 Å². The Morgan fingerprint density at radius 3 is 2.85 bits per heavy atom. The van der Waals surface area contributed by atoms with Crippen LogP contribution in [0.25, 0.3) is 0 Å². The molecule has 0 N–H and O–H groups in total. The molecule has 2 aliphatic rings. The van der Waals surface area contributed by atoms with Gasteiger partial charge in [0.05, 0.1) is 0 Å². The van der Waals surface area contributed by atoms with E-state index in [1.165, 1.54) is 25.5 Å². The molecule has 2 saturated carbocycles. The predicted octanol–water partition coefficient (Wildman–Crippen LogP) is 2.41. The van der Waals surface area contributed by atoms with Crippen LogP contribution in [0.5, 0.6) is 0 Å². The Morgan fingerprint density at radius 2 is 2.38 bits per heavy atom. The van der Waals surface area contributed by atoms with E-state index in [2.05, 4.69) is 11.8 Å². The zero-order valence-corrected chi connectivity index (χ0v) is 8.18. The Hall–Kier alpha value is -0.770. The summed E-state index contributed by atoms with van der Waals surface area (Å²) in [5, 5.41) is 0. The number of rotatable bonds is 2. The summed E-state index contributed by atoms with van der Waals surface area (Å²) >= 11 is 0. The van der Waals surface area contributed by atoms with Crippen molar-refractivity contribution in [3.8, 4) is 11.8 Å². The van der Waals surface area contributed by atoms with Gasteiger partial charge in [0.2, 0.25) is 0 Å². The number of hydrogen-bond donors (Lipinski definition) is 0. The first-order valence-corrected chi connectivity index (χ1v) is 5.16. The molecule has 0 saturated heterocycles. The lowest BCUT2D eigenvalue weighted by Crippen LogP contribution is -2.28. The van der Waals surface area contributed by atoms with E-state index in [1.54, 1.807) is 0 Å². The number of hydrogen-bond acceptors (Lipinski definition) is 1. The van der Waals surface area contributed by atoms with E-state index < -0.39 is 0 Å². The van der Waals surface area contributed by atoms with Gasteiger partial charge in [0, 0.05) is 11.8 Å². The zero-order chi connectivity index (χ0) is 9.31. The maximum atomic E-state index is 11.2. The minimum Gasteiger partial charge on any atom is -0.303 e. The van der Waals surface area contributed by atoms with Gasteiger partial charge in [0.15, 0.2) is 0 Å². The molecular weight excluding hydrogens is 160 g/mol. The summed E-state index contributed by atoms with van der Waals surface area (Å²) < 4.78 is 0. The summed E-state index contributed by atoms with van der Waals surface area (Å²) in [6.45, 7) is 1.85. The molecule has 2 bridgehead atoms. The van der Waals surface area contributed by atoms with Crippen molar-refractivity contribution in [3.05, 3.63) is 0 Å². The van der Waals surface area contributed by atoms with Crippen molar-refractivity contribution in [2.75, 3.05) is 0 Å². The molecule has 0 aliphatic heterocycles. The first-order chi connectivity index (χ1) is 6.30. The summed E-state index contributed by atoms with van der Waals surface area (Å²) in [6.07, 6.45) is 6.99. The van der Waals surface area contributed by atoms with Gasteiger partial charge in [-0.05, 0) is 38.0 Å². The second kappa shape index (κ2) is 3.18. The fraction of sp³-hybridized carbons (Fsp3) is 0.750. The molecule has 2 aliphatic carbocycles. The zero-order valence-electron chi connectivity index (χ0n) is 8.18. The van der Waals surface area contributed by atoms with Gasteiger partial charge in [-0.25, -0.2) is 0 Å². The Bertz CT molecular complexity index is 271. The third-order valence-corrected chi connectivity index (χ3v) is 3.85. The molecule has 13 heavy (non-hydrogen) atoms. The molecule has 2 fully saturated rings. The van der Waals surface area contributed by atoms with Crippen molar-refractivity contribution in [1.82, 2.24) is 0 Å². The van der Waals surface area contributed by atoms with Crippen LogP contribution in [0.3, 0.4) is 0 Å². The lowest BCUT2D eigenvalue weighted by molar-refractivity contribution is -0.118. The van der Waals surface area contributed by atoms with Gasteiger partial charge in [-0.1, -0.05) is 6.42 Å². The van der Waals surface area contributed by atoms with Crippen LogP contribution in [0, 0.1) is 29.1 Å². The quantitative estimate of drug-likeness (QED) is 0.466. The Kier molecular flexibility index (Phi) is 2.15. The highest BCUT2D eigenvalue weighted by Gasteiger charge is 2.50. The number of carbonyl (C=O) groups is 1. The molecule has 0 heterocycles. The molecule has 70 valence electrons. The summed E-state index contributed by atoms with van der Waals surface area (Å²) in [4.78, 5) is 11.2. The minimum absolute atomic E-state index is 0.0497. The fourth-order valence-electron chi connectivity index (χ4n) is 3.14. The van der Waals surface area contributed by atoms with E-state index >= 15 is 0 Å². The predicted molar refractivity (Wildman–Crippen MR) is 52.0 cm³/mol. The van der Waals surface area contributed by atoms with Crippen LogP contribution in [0.4, 0.5) is 0 Å².